The molecule has 0 N–H and O–H groups in total. The Bertz CT molecular complexity index is 176. The molecular weight excluding hydrogens is 115 g/mol. The summed E-state index contributed by atoms with van der Waals surface area (Å²) in [5.41, 5.74) is 0.927. The van der Waals surface area contributed by atoms with E-state index in [1.54, 1.807) is 19.1 Å². The summed E-state index contributed by atoms with van der Waals surface area (Å²) >= 11 is 0. The molecule has 0 nitrogen and oxygen atoms in total. The molecular formula is C8H7F. The Morgan fingerprint density at radius 2 is 1.78 bits per heavy atom. The van der Waals surface area contributed by atoms with Crippen LogP contribution in [0.3, 0.4) is 0 Å². The molecule has 0 atom stereocenters. The summed E-state index contributed by atoms with van der Waals surface area (Å²) in [6.45, 7) is 1.80. The second-order valence-corrected chi connectivity index (χ2v) is 1.76. The van der Waals surface area contributed by atoms with Crippen molar-refractivity contribution in [1.82, 2.24) is 0 Å². The number of hydrogen-bond acceptors (Lipinski definition) is 0. The molecule has 0 aliphatic rings. The largest absolute Gasteiger partial charge is 0.207 e. The minimum atomic E-state index is -0.200. The highest BCUT2D eigenvalue weighted by Gasteiger charge is 1.88. The fourth-order valence-corrected chi connectivity index (χ4v) is 0.617. The summed E-state index contributed by atoms with van der Waals surface area (Å²) in [5.74, 6) is -0.200. The van der Waals surface area contributed by atoms with Crippen LogP contribution < -0.4 is 0 Å². The quantitative estimate of drug-likeness (QED) is 0.536. The van der Waals surface area contributed by atoms with Crippen molar-refractivity contribution in [3.63, 3.8) is 0 Å². The minimum absolute atomic E-state index is 0.200. The van der Waals surface area contributed by atoms with Crippen molar-refractivity contribution in [3.05, 3.63) is 42.1 Å². The van der Waals surface area contributed by atoms with Gasteiger partial charge in [0.15, 0.2) is 0 Å². The van der Waals surface area contributed by atoms with Gasteiger partial charge in [-0.3, -0.25) is 0 Å². The van der Waals surface area contributed by atoms with Crippen LogP contribution in [0.25, 0.3) is 0 Å². The number of halogens is 1. The maximum atomic E-state index is 12.2. The first-order valence-corrected chi connectivity index (χ1v) is 2.76. The highest BCUT2D eigenvalue weighted by atomic mass is 19.1. The molecule has 2 radical (unpaired) electrons. The third-order valence-corrected chi connectivity index (χ3v) is 1.13. The molecule has 0 heterocycles. The first-order chi connectivity index (χ1) is 4.33. The van der Waals surface area contributed by atoms with Gasteiger partial charge in [-0.05, 0) is 17.7 Å². The van der Waals surface area contributed by atoms with Crippen LogP contribution in [0.4, 0.5) is 4.39 Å². The zero-order chi connectivity index (χ0) is 6.69. The van der Waals surface area contributed by atoms with E-state index in [1.807, 2.05) is 0 Å². The summed E-state index contributed by atoms with van der Waals surface area (Å²) < 4.78 is 12.2. The Balaban J connectivity index is 2.88. The molecule has 0 spiro atoms. The van der Waals surface area contributed by atoms with Gasteiger partial charge in [-0.2, -0.15) is 0 Å². The van der Waals surface area contributed by atoms with Crippen LogP contribution >= 0.6 is 0 Å². The van der Waals surface area contributed by atoms with Crippen LogP contribution in [-0.4, -0.2) is 0 Å². The number of hydrogen-bond donors (Lipinski definition) is 0. The Kier molecular flexibility index (Phi) is 1.83. The van der Waals surface area contributed by atoms with Gasteiger partial charge in [0.2, 0.25) is 0 Å². The van der Waals surface area contributed by atoms with E-state index in [4.69, 9.17) is 0 Å². The summed E-state index contributed by atoms with van der Waals surface area (Å²) in [6, 6.07) is 6.22. The van der Waals surface area contributed by atoms with Crippen LogP contribution in [-0.2, 0) is 0 Å². The monoisotopic (exact) mass is 122 g/mol. The molecule has 1 rings (SSSR count). The Morgan fingerprint density at radius 3 is 2.22 bits per heavy atom. The molecule has 46 valence electrons. The average molecular weight is 122 g/mol. The van der Waals surface area contributed by atoms with Crippen LogP contribution in [0.2, 0.25) is 0 Å². The van der Waals surface area contributed by atoms with Crippen LogP contribution in [0.15, 0.2) is 24.3 Å². The van der Waals surface area contributed by atoms with Gasteiger partial charge in [-0.25, -0.2) is 4.39 Å². The molecule has 0 bridgehead atoms. The van der Waals surface area contributed by atoms with Crippen LogP contribution in [0, 0.1) is 12.2 Å². The smallest absolute Gasteiger partial charge is 0.123 e. The third-order valence-electron chi connectivity index (χ3n) is 1.13. The predicted octanol–water partition coefficient (Wildman–Crippen LogP) is 2.27. The average Bonchev–Trinajstić information content (AvgIpc) is 1.90. The molecule has 1 heteroatoms. The predicted molar refractivity (Wildman–Crippen MR) is 34.4 cm³/mol. The summed E-state index contributed by atoms with van der Waals surface area (Å²) in [5, 5.41) is 0. The summed E-state index contributed by atoms with van der Waals surface area (Å²) in [7, 11) is 0. The van der Waals surface area contributed by atoms with Crippen molar-refractivity contribution in [2.45, 2.75) is 6.92 Å². The Morgan fingerprint density at radius 1 is 1.22 bits per heavy atom. The van der Waals surface area contributed by atoms with Crippen molar-refractivity contribution >= 4 is 0 Å². The van der Waals surface area contributed by atoms with Crippen molar-refractivity contribution in [2.24, 2.45) is 0 Å². The summed E-state index contributed by atoms with van der Waals surface area (Å²) in [4.78, 5) is 0. The van der Waals surface area contributed by atoms with Gasteiger partial charge in [0.05, 0.1) is 0 Å². The Hall–Kier alpha value is -0.850. The molecule has 0 saturated heterocycles. The highest BCUT2D eigenvalue weighted by molar-refractivity contribution is 5.21. The maximum absolute atomic E-state index is 12.2. The lowest BCUT2D eigenvalue weighted by atomic mass is 10.2. The molecule has 0 aromatic heterocycles. The molecule has 0 fully saturated rings. The van der Waals surface area contributed by atoms with Crippen molar-refractivity contribution in [2.75, 3.05) is 0 Å². The molecule has 0 unspecified atom stereocenters. The van der Waals surface area contributed by atoms with Crippen LogP contribution in [0.5, 0.6) is 0 Å². The van der Waals surface area contributed by atoms with Crippen molar-refractivity contribution < 1.29 is 4.39 Å². The van der Waals surface area contributed by atoms with Gasteiger partial charge < -0.3 is 0 Å². The number of benzene rings is 1. The van der Waals surface area contributed by atoms with E-state index in [0.717, 1.165) is 5.56 Å². The minimum Gasteiger partial charge on any atom is -0.207 e. The standard InChI is InChI=1S/C8H7F/c1-2-7-3-5-8(9)6-4-7/h3-6H,1H3. The van der Waals surface area contributed by atoms with E-state index >= 15 is 0 Å². The lowest BCUT2D eigenvalue weighted by Gasteiger charge is -1.91. The second-order valence-electron chi connectivity index (χ2n) is 1.76. The molecule has 0 amide bonds. The fourth-order valence-electron chi connectivity index (χ4n) is 0.617. The van der Waals surface area contributed by atoms with Crippen molar-refractivity contribution in [3.8, 4) is 0 Å². The van der Waals surface area contributed by atoms with E-state index in [9.17, 15) is 4.39 Å². The van der Waals surface area contributed by atoms with E-state index in [2.05, 4.69) is 6.42 Å². The Labute approximate surface area is 54.3 Å². The molecule has 1 aromatic rings. The zero-order valence-electron chi connectivity index (χ0n) is 5.19. The van der Waals surface area contributed by atoms with Gasteiger partial charge in [0.1, 0.15) is 5.82 Å². The molecule has 0 aliphatic heterocycles. The van der Waals surface area contributed by atoms with Gasteiger partial charge >= 0.3 is 0 Å². The zero-order valence-corrected chi connectivity index (χ0v) is 5.19. The highest BCUT2D eigenvalue weighted by Crippen LogP contribution is 2.03. The van der Waals surface area contributed by atoms with Gasteiger partial charge in [-0.1, -0.05) is 19.1 Å². The molecule has 0 saturated carbocycles. The van der Waals surface area contributed by atoms with Crippen LogP contribution in [0.1, 0.15) is 12.5 Å². The van der Waals surface area contributed by atoms with Gasteiger partial charge in [0.25, 0.3) is 0 Å². The van der Waals surface area contributed by atoms with Gasteiger partial charge in [0, 0.05) is 6.42 Å². The topological polar surface area (TPSA) is 0 Å². The third kappa shape index (κ3) is 1.53. The fraction of sp³-hybridized carbons (Fsp3) is 0.125. The van der Waals surface area contributed by atoms with E-state index in [1.165, 1.54) is 12.1 Å². The number of rotatable bonds is 1. The molecule has 1 aromatic carbocycles. The summed E-state index contributed by atoms with van der Waals surface area (Å²) in [6.07, 6.45) is 2.89. The van der Waals surface area contributed by atoms with Gasteiger partial charge in [-0.15, -0.1) is 0 Å². The first-order valence-electron chi connectivity index (χ1n) is 2.76. The lowest BCUT2D eigenvalue weighted by Crippen LogP contribution is -1.76. The van der Waals surface area contributed by atoms with Crippen molar-refractivity contribution in [1.29, 1.82) is 0 Å². The maximum Gasteiger partial charge on any atom is 0.123 e. The van der Waals surface area contributed by atoms with E-state index < -0.39 is 0 Å². The first kappa shape index (κ1) is 6.27. The van der Waals surface area contributed by atoms with E-state index in [-0.39, 0.29) is 5.82 Å². The second kappa shape index (κ2) is 2.62. The SMILES string of the molecule is C[C]c1ccc(F)cc1. The normalized spacial score (nSPS) is 9.56. The lowest BCUT2D eigenvalue weighted by molar-refractivity contribution is 0.627. The van der Waals surface area contributed by atoms with E-state index in [0.29, 0.717) is 0 Å². The molecule has 9 heavy (non-hydrogen) atoms. The molecule has 0 aliphatic carbocycles.